The van der Waals surface area contributed by atoms with Crippen LogP contribution in [0.25, 0.3) is 0 Å². The maximum Gasteiger partial charge on any atom is 0.167 e. The van der Waals surface area contributed by atoms with Crippen LogP contribution in [0.3, 0.4) is 0 Å². The minimum atomic E-state index is -1.16. The Labute approximate surface area is 61.6 Å². The molecule has 0 fully saturated rings. The normalized spacial score (nSPS) is 10.2. The van der Waals surface area contributed by atoms with Gasteiger partial charge in [-0.3, -0.25) is 0 Å². The molecule has 0 heterocycles. The fraction of sp³-hybridized carbons (Fsp3) is 0.143. The van der Waals surface area contributed by atoms with Crippen LogP contribution in [0.15, 0.2) is 12.1 Å². The second kappa shape index (κ2) is 2.92. The molecule has 1 rings (SSSR count). The first-order chi connectivity index (χ1) is 5.15. The Balaban J connectivity index is 3.24. The topological polar surface area (TPSA) is 27.6 Å². The third kappa shape index (κ3) is 1.51. The van der Waals surface area contributed by atoms with Gasteiger partial charge in [-0.05, 0) is 6.07 Å². The molecule has 1 aromatic rings. The molecule has 60 valence electrons. The van der Waals surface area contributed by atoms with Crippen LogP contribution in [-0.4, -0.2) is 0 Å². The van der Waals surface area contributed by atoms with Gasteiger partial charge in [-0.25, -0.2) is 13.2 Å². The van der Waals surface area contributed by atoms with Crippen LogP contribution in [0.2, 0.25) is 0 Å². The van der Waals surface area contributed by atoms with Crippen molar-refractivity contribution in [1.82, 2.24) is 0 Å². The minimum Gasteiger partial charge on any atom is -0.354 e. The van der Waals surface area contributed by atoms with Gasteiger partial charge in [0.05, 0.1) is 0 Å². The van der Waals surface area contributed by atoms with E-state index in [0.717, 1.165) is 6.07 Å². The first kappa shape index (κ1) is 8.07. The van der Waals surface area contributed by atoms with Gasteiger partial charge in [0.25, 0.3) is 0 Å². The zero-order valence-electron chi connectivity index (χ0n) is 5.70. The average molecular weight is 162 g/mol. The number of benzene rings is 1. The Bertz CT molecular complexity index is 273. The molecule has 1 aromatic carbocycles. The molecule has 0 bridgehead atoms. The van der Waals surface area contributed by atoms with Crippen LogP contribution < -0.4 is 5.73 Å². The summed E-state index contributed by atoms with van der Waals surface area (Å²) in [5.74, 6) is -2.95. The lowest BCUT2D eigenvalue weighted by atomic mass is 10.2. The van der Waals surface area contributed by atoms with Crippen molar-refractivity contribution in [3.8, 4) is 0 Å². The van der Waals surface area contributed by atoms with E-state index in [1.165, 1.54) is 0 Å². The van der Waals surface area contributed by atoms with Crippen LogP contribution in [0.1, 0.15) is 5.56 Å². The Kier molecular flexibility index (Phi) is 2.14. The molecule has 1 nitrogen and oxygen atoms in total. The predicted octanol–water partition coefficient (Wildman–Crippen LogP) is 0.846. The van der Waals surface area contributed by atoms with Gasteiger partial charge in [-0.2, -0.15) is 0 Å². The summed E-state index contributed by atoms with van der Waals surface area (Å²) in [7, 11) is 0. The molecule has 11 heavy (non-hydrogen) atoms. The van der Waals surface area contributed by atoms with Crippen molar-refractivity contribution in [2.24, 2.45) is 0 Å². The smallest absolute Gasteiger partial charge is 0.167 e. The summed E-state index contributed by atoms with van der Waals surface area (Å²) < 4.78 is 37.3. The Hall–Kier alpha value is -1.03. The Morgan fingerprint density at radius 2 is 1.82 bits per heavy atom. The summed E-state index contributed by atoms with van der Waals surface area (Å²) in [4.78, 5) is 0. The van der Waals surface area contributed by atoms with Gasteiger partial charge in [-0.15, -0.1) is 0 Å². The molecule has 3 N–H and O–H groups in total. The second-order valence-electron chi connectivity index (χ2n) is 2.11. The molecule has 0 spiro atoms. The average Bonchev–Trinajstić information content (AvgIpc) is 1.96. The SMILES string of the molecule is [NH3+]Cc1cc(F)cc(F)c1F. The second-order valence-corrected chi connectivity index (χ2v) is 2.11. The molecule has 0 saturated carbocycles. The van der Waals surface area contributed by atoms with Crippen molar-refractivity contribution in [3.05, 3.63) is 35.1 Å². The van der Waals surface area contributed by atoms with E-state index < -0.39 is 17.5 Å². The molecule has 0 aliphatic rings. The van der Waals surface area contributed by atoms with Crippen LogP contribution in [0.4, 0.5) is 13.2 Å². The molecule has 0 aromatic heterocycles. The van der Waals surface area contributed by atoms with Crippen LogP contribution in [0.5, 0.6) is 0 Å². The highest BCUT2D eigenvalue weighted by molar-refractivity contribution is 5.19. The van der Waals surface area contributed by atoms with Crippen molar-refractivity contribution < 1.29 is 18.9 Å². The van der Waals surface area contributed by atoms with E-state index in [-0.39, 0.29) is 12.1 Å². The summed E-state index contributed by atoms with van der Waals surface area (Å²) in [6.45, 7) is 0.0422. The molecule has 0 unspecified atom stereocenters. The Morgan fingerprint density at radius 1 is 1.18 bits per heavy atom. The zero-order chi connectivity index (χ0) is 8.43. The molecule has 0 saturated heterocycles. The summed E-state index contributed by atoms with van der Waals surface area (Å²) in [6.07, 6.45) is 0. The molecular formula is C7H7F3N+. The number of quaternary nitrogens is 1. The van der Waals surface area contributed by atoms with Gasteiger partial charge >= 0.3 is 0 Å². The fourth-order valence-corrected chi connectivity index (χ4v) is 0.791. The quantitative estimate of drug-likeness (QED) is 0.593. The summed E-state index contributed by atoms with van der Waals surface area (Å²) >= 11 is 0. The third-order valence-corrected chi connectivity index (χ3v) is 1.34. The first-order valence-electron chi connectivity index (χ1n) is 3.08. The van der Waals surface area contributed by atoms with E-state index in [2.05, 4.69) is 5.73 Å². The van der Waals surface area contributed by atoms with Gasteiger partial charge in [0.15, 0.2) is 11.6 Å². The van der Waals surface area contributed by atoms with Gasteiger partial charge in [0, 0.05) is 11.6 Å². The lowest BCUT2D eigenvalue weighted by molar-refractivity contribution is -0.387. The van der Waals surface area contributed by atoms with Gasteiger partial charge < -0.3 is 5.73 Å². The summed E-state index contributed by atoms with van der Waals surface area (Å²) in [5, 5.41) is 0. The van der Waals surface area contributed by atoms with E-state index in [4.69, 9.17) is 0 Å². The Morgan fingerprint density at radius 3 is 2.36 bits per heavy atom. The van der Waals surface area contributed by atoms with Gasteiger partial charge in [0.2, 0.25) is 0 Å². The maximum absolute atomic E-state index is 12.6. The minimum absolute atomic E-state index is 0.0394. The molecule has 0 atom stereocenters. The van der Waals surface area contributed by atoms with Crippen molar-refractivity contribution in [3.63, 3.8) is 0 Å². The zero-order valence-corrected chi connectivity index (χ0v) is 5.70. The molecule has 0 amide bonds. The van der Waals surface area contributed by atoms with Crippen molar-refractivity contribution in [2.45, 2.75) is 6.54 Å². The number of halogens is 3. The highest BCUT2D eigenvalue weighted by Crippen LogP contribution is 2.12. The standard InChI is InChI=1S/C7H6F3N/c8-5-1-4(3-11)7(10)6(9)2-5/h1-2H,3,11H2/p+1. The van der Waals surface area contributed by atoms with E-state index in [1.807, 2.05) is 0 Å². The largest absolute Gasteiger partial charge is 0.354 e. The highest BCUT2D eigenvalue weighted by atomic mass is 19.2. The maximum atomic E-state index is 12.6. The van der Waals surface area contributed by atoms with Crippen molar-refractivity contribution in [2.75, 3.05) is 0 Å². The molecule has 4 heteroatoms. The van der Waals surface area contributed by atoms with Gasteiger partial charge in [0.1, 0.15) is 12.4 Å². The van der Waals surface area contributed by atoms with E-state index >= 15 is 0 Å². The number of hydrogen-bond donors (Lipinski definition) is 1. The molecule has 0 radical (unpaired) electrons. The monoisotopic (exact) mass is 162 g/mol. The van der Waals surface area contributed by atoms with Crippen molar-refractivity contribution in [1.29, 1.82) is 0 Å². The predicted molar refractivity (Wildman–Crippen MR) is 32.9 cm³/mol. The number of rotatable bonds is 1. The molecule has 0 aliphatic carbocycles. The lowest BCUT2D eigenvalue weighted by Crippen LogP contribution is -2.47. The molecular weight excluding hydrogens is 155 g/mol. The van der Waals surface area contributed by atoms with E-state index in [0.29, 0.717) is 6.07 Å². The molecule has 0 aliphatic heterocycles. The first-order valence-corrected chi connectivity index (χ1v) is 3.08. The van der Waals surface area contributed by atoms with Crippen LogP contribution >= 0.6 is 0 Å². The summed E-state index contributed by atoms with van der Waals surface area (Å²) in [5.41, 5.74) is 3.29. The van der Waals surface area contributed by atoms with E-state index in [1.54, 1.807) is 0 Å². The van der Waals surface area contributed by atoms with Crippen LogP contribution in [0, 0.1) is 17.5 Å². The lowest BCUT2D eigenvalue weighted by Gasteiger charge is -1.98. The van der Waals surface area contributed by atoms with Gasteiger partial charge in [-0.1, -0.05) is 0 Å². The number of hydrogen-bond acceptors (Lipinski definition) is 0. The fourth-order valence-electron chi connectivity index (χ4n) is 0.791. The summed E-state index contributed by atoms with van der Waals surface area (Å²) in [6, 6.07) is 1.44. The van der Waals surface area contributed by atoms with Crippen LogP contribution in [-0.2, 0) is 6.54 Å². The van der Waals surface area contributed by atoms with Crippen molar-refractivity contribution >= 4 is 0 Å². The highest BCUT2D eigenvalue weighted by Gasteiger charge is 2.09. The van der Waals surface area contributed by atoms with E-state index in [9.17, 15) is 13.2 Å². The third-order valence-electron chi connectivity index (χ3n) is 1.34.